The van der Waals surface area contributed by atoms with Crippen molar-refractivity contribution in [2.24, 2.45) is 0 Å². The zero-order valence-electron chi connectivity index (χ0n) is 19.8. The van der Waals surface area contributed by atoms with Crippen LogP contribution in [0.3, 0.4) is 0 Å². The number of piperidine rings is 1. The van der Waals surface area contributed by atoms with Crippen molar-refractivity contribution < 1.29 is 9.53 Å². The van der Waals surface area contributed by atoms with E-state index in [1.54, 1.807) is 0 Å². The normalized spacial score (nSPS) is 14.9. The van der Waals surface area contributed by atoms with Gasteiger partial charge in [0.05, 0.1) is 0 Å². The molecule has 1 N–H and O–H groups in total. The van der Waals surface area contributed by atoms with Gasteiger partial charge >= 0.3 is 0 Å². The van der Waals surface area contributed by atoms with Crippen LogP contribution in [-0.4, -0.2) is 37.0 Å². The van der Waals surface area contributed by atoms with E-state index < -0.39 is 0 Å². The summed E-state index contributed by atoms with van der Waals surface area (Å²) in [5.41, 5.74) is 3.50. The first-order valence-electron chi connectivity index (χ1n) is 12.2. The lowest BCUT2D eigenvalue weighted by Gasteiger charge is -2.44. The topological polar surface area (TPSA) is 41.6 Å². The van der Waals surface area contributed by atoms with E-state index in [9.17, 15) is 4.79 Å². The Hall–Kier alpha value is -3.53. The molecule has 4 heteroatoms. The van der Waals surface area contributed by atoms with Gasteiger partial charge in [0.15, 0.2) is 6.61 Å². The summed E-state index contributed by atoms with van der Waals surface area (Å²) in [6.07, 6.45) is 3.79. The number of aryl methyl sites for hydroxylation is 1. The van der Waals surface area contributed by atoms with Crippen LogP contribution in [0.2, 0.25) is 0 Å². The number of carbonyl (C=O) groups is 1. The molecule has 0 radical (unpaired) electrons. The van der Waals surface area contributed by atoms with Gasteiger partial charge in [0.1, 0.15) is 5.75 Å². The molecule has 1 aliphatic rings. The van der Waals surface area contributed by atoms with E-state index in [1.165, 1.54) is 11.1 Å². The molecule has 34 heavy (non-hydrogen) atoms. The number of nitrogens with one attached hydrogen (secondary N) is 1. The number of hydrogen-bond donors (Lipinski definition) is 1. The van der Waals surface area contributed by atoms with Crippen LogP contribution in [0.4, 0.5) is 0 Å². The number of allylic oxidation sites excluding steroid dienone is 1. The summed E-state index contributed by atoms with van der Waals surface area (Å²) in [5.74, 6) is 0.756. The van der Waals surface area contributed by atoms with Gasteiger partial charge < -0.3 is 15.0 Å². The molecular weight excluding hydrogens is 420 g/mol. The zero-order valence-corrected chi connectivity index (χ0v) is 19.8. The maximum atomic E-state index is 12.8. The molecule has 1 fully saturated rings. The van der Waals surface area contributed by atoms with E-state index in [2.05, 4.69) is 66.5 Å². The number of benzene rings is 3. The molecule has 3 aromatic carbocycles. The zero-order chi connectivity index (χ0) is 23.6. The monoisotopic (exact) mass is 454 g/mol. The average Bonchev–Trinajstić information content (AvgIpc) is 2.91. The third kappa shape index (κ3) is 5.88. The van der Waals surface area contributed by atoms with E-state index in [0.29, 0.717) is 13.1 Å². The van der Waals surface area contributed by atoms with Crippen molar-refractivity contribution in [2.45, 2.75) is 31.1 Å². The van der Waals surface area contributed by atoms with Gasteiger partial charge in [0, 0.05) is 30.7 Å². The van der Waals surface area contributed by atoms with Crippen molar-refractivity contribution in [2.75, 3.05) is 26.2 Å². The molecule has 176 valence electrons. The molecule has 0 spiro atoms. The van der Waals surface area contributed by atoms with Crippen LogP contribution in [-0.2, 0) is 16.6 Å². The van der Waals surface area contributed by atoms with Crippen molar-refractivity contribution in [3.8, 4) is 5.75 Å². The minimum atomic E-state index is -0.176. The van der Waals surface area contributed by atoms with Gasteiger partial charge in [0.25, 0.3) is 5.91 Å². The fourth-order valence-electron chi connectivity index (χ4n) is 4.76. The first-order chi connectivity index (χ1) is 16.7. The molecule has 0 atom stereocenters. The number of para-hydroxylation sites is 1. The van der Waals surface area contributed by atoms with Crippen molar-refractivity contribution in [3.63, 3.8) is 0 Å². The number of likely N-dealkylation sites (tertiary alicyclic amines) is 1. The third-order valence-electron chi connectivity index (χ3n) is 6.80. The highest BCUT2D eigenvalue weighted by Crippen LogP contribution is 2.40. The van der Waals surface area contributed by atoms with Crippen molar-refractivity contribution in [1.29, 1.82) is 0 Å². The molecule has 1 amide bonds. The van der Waals surface area contributed by atoms with Gasteiger partial charge in [-0.3, -0.25) is 4.79 Å². The Morgan fingerprint density at radius 1 is 0.882 bits per heavy atom. The highest BCUT2D eigenvalue weighted by atomic mass is 16.5. The minimum absolute atomic E-state index is 0.0342. The third-order valence-corrected chi connectivity index (χ3v) is 6.80. The lowest BCUT2D eigenvalue weighted by atomic mass is 9.70. The van der Waals surface area contributed by atoms with Gasteiger partial charge in [-0.25, -0.2) is 0 Å². The second kappa shape index (κ2) is 11.6. The SMILES string of the molecule is C=C(NCCCc1ccccc1)C1(c2ccccc2)CCN(C(=O)COc2ccccc2)CC1. The molecule has 1 heterocycles. The lowest BCUT2D eigenvalue weighted by molar-refractivity contribution is -0.134. The standard InChI is InChI=1S/C30H34N2O2/c1-25(31-21-11-14-26-12-5-2-6-13-26)30(27-15-7-3-8-16-27)19-22-32(23-20-30)29(33)24-34-28-17-9-4-10-18-28/h2-10,12-13,15-18,31H,1,11,14,19-24H2. The Kier molecular flexibility index (Phi) is 8.03. The molecule has 0 saturated carbocycles. The van der Waals surface area contributed by atoms with E-state index in [-0.39, 0.29) is 17.9 Å². The Labute approximate surface area is 203 Å². The summed E-state index contributed by atoms with van der Waals surface area (Å²) in [5, 5.41) is 3.63. The van der Waals surface area contributed by atoms with Crippen LogP contribution < -0.4 is 10.1 Å². The summed E-state index contributed by atoms with van der Waals surface area (Å²) >= 11 is 0. The Bertz CT molecular complexity index is 1040. The maximum absolute atomic E-state index is 12.8. The molecular formula is C30H34N2O2. The van der Waals surface area contributed by atoms with Gasteiger partial charge in [-0.05, 0) is 48.9 Å². The number of amides is 1. The van der Waals surface area contributed by atoms with Crippen molar-refractivity contribution in [3.05, 3.63) is 114 Å². The van der Waals surface area contributed by atoms with E-state index in [4.69, 9.17) is 4.74 Å². The molecule has 3 aromatic rings. The van der Waals surface area contributed by atoms with Gasteiger partial charge in [-0.15, -0.1) is 0 Å². The summed E-state index contributed by atoms with van der Waals surface area (Å²) < 4.78 is 5.69. The van der Waals surface area contributed by atoms with Gasteiger partial charge in [0.2, 0.25) is 0 Å². The van der Waals surface area contributed by atoms with E-state index in [0.717, 1.165) is 43.7 Å². The van der Waals surface area contributed by atoms with Crippen molar-refractivity contribution >= 4 is 5.91 Å². The predicted molar refractivity (Wildman–Crippen MR) is 138 cm³/mol. The Balaban J connectivity index is 1.35. The molecule has 4 nitrogen and oxygen atoms in total. The van der Waals surface area contributed by atoms with Crippen LogP contribution >= 0.6 is 0 Å². The molecule has 0 aromatic heterocycles. The molecule has 1 aliphatic heterocycles. The quantitative estimate of drug-likeness (QED) is 0.419. The number of carbonyl (C=O) groups excluding carboxylic acids is 1. The van der Waals surface area contributed by atoms with Gasteiger partial charge in [-0.2, -0.15) is 0 Å². The Morgan fingerprint density at radius 2 is 1.47 bits per heavy atom. The summed E-state index contributed by atoms with van der Waals surface area (Å²) in [6, 6.07) is 30.7. The highest BCUT2D eigenvalue weighted by molar-refractivity contribution is 5.78. The second-order valence-corrected chi connectivity index (χ2v) is 8.93. The van der Waals surface area contributed by atoms with Crippen LogP contribution in [0.1, 0.15) is 30.4 Å². The van der Waals surface area contributed by atoms with Crippen LogP contribution in [0.5, 0.6) is 5.75 Å². The highest BCUT2D eigenvalue weighted by Gasteiger charge is 2.39. The second-order valence-electron chi connectivity index (χ2n) is 8.93. The smallest absolute Gasteiger partial charge is 0.260 e. The van der Waals surface area contributed by atoms with Gasteiger partial charge in [-0.1, -0.05) is 85.4 Å². The van der Waals surface area contributed by atoms with Crippen LogP contribution in [0.25, 0.3) is 0 Å². The number of nitrogens with zero attached hydrogens (tertiary/aromatic N) is 1. The number of hydrogen-bond acceptors (Lipinski definition) is 3. The largest absolute Gasteiger partial charge is 0.484 e. The predicted octanol–water partition coefficient (Wildman–Crippen LogP) is 5.36. The Morgan fingerprint density at radius 3 is 2.12 bits per heavy atom. The maximum Gasteiger partial charge on any atom is 0.260 e. The van der Waals surface area contributed by atoms with E-state index >= 15 is 0 Å². The average molecular weight is 455 g/mol. The fraction of sp³-hybridized carbons (Fsp3) is 0.300. The van der Waals surface area contributed by atoms with E-state index in [1.807, 2.05) is 41.3 Å². The van der Waals surface area contributed by atoms with Crippen LogP contribution in [0.15, 0.2) is 103 Å². The fourth-order valence-corrected chi connectivity index (χ4v) is 4.76. The summed E-state index contributed by atoms with van der Waals surface area (Å²) in [4.78, 5) is 14.7. The molecule has 0 bridgehead atoms. The molecule has 4 rings (SSSR count). The van der Waals surface area contributed by atoms with Crippen LogP contribution in [0, 0.1) is 0 Å². The summed E-state index contributed by atoms with van der Waals surface area (Å²) in [6.45, 7) is 6.82. The first kappa shape index (κ1) is 23.6. The molecule has 0 unspecified atom stereocenters. The minimum Gasteiger partial charge on any atom is -0.484 e. The number of ether oxygens (including phenoxy) is 1. The number of rotatable bonds is 10. The van der Waals surface area contributed by atoms with Crippen molar-refractivity contribution in [1.82, 2.24) is 10.2 Å². The molecule has 0 aliphatic carbocycles. The lowest BCUT2D eigenvalue weighted by Crippen LogP contribution is -2.49. The first-order valence-corrected chi connectivity index (χ1v) is 12.2. The molecule has 1 saturated heterocycles. The summed E-state index contributed by atoms with van der Waals surface area (Å²) in [7, 11) is 0.